The summed E-state index contributed by atoms with van der Waals surface area (Å²) in [6, 6.07) is 42.8. The topological polar surface area (TPSA) is 17.8 Å². The minimum absolute atomic E-state index is 0. The molecule has 3 heteroatoms. The van der Waals surface area contributed by atoms with E-state index < -0.39 is 0 Å². The van der Waals surface area contributed by atoms with Crippen LogP contribution in [0, 0.1) is 6.07 Å². The van der Waals surface area contributed by atoms with Crippen molar-refractivity contribution >= 4 is 32.6 Å². The van der Waals surface area contributed by atoms with E-state index in [2.05, 4.69) is 128 Å². The molecule has 2 aromatic heterocycles. The third-order valence-electron chi connectivity index (χ3n) is 8.35. The second-order valence-corrected chi connectivity index (χ2v) is 10.8. The van der Waals surface area contributed by atoms with Crippen molar-refractivity contribution in [2.75, 3.05) is 0 Å². The van der Waals surface area contributed by atoms with Crippen LogP contribution in [0.2, 0.25) is 0 Å². The van der Waals surface area contributed by atoms with Crippen LogP contribution < -0.4 is 0 Å². The summed E-state index contributed by atoms with van der Waals surface area (Å²) in [4.78, 5) is 4.77. The molecule has 0 aliphatic heterocycles. The van der Waals surface area contributed by atoms with Crippen molar-refractivity contribution in [3.8, 4) is 28.1 Å². The summed E-state index contributed by atoms with van der Waals surface area (Å²) in [5.41, 5.74) is 11.0. The second kappa shape index (κ2) is 8.74. The van der Waals surface area contributed by atoms with Crippen LogP contribution in [0.3, 0.4) is 0 Å². The van der Waals surface area contributed by atoms with E-state index in [1.165, 1.54) is 49.4 Å². The van der Waals surface area contributed by atoms with Gasteiger partial charge in [0.2, 0.25) is 0 Å². The van der Waals surface area contributed by atoms with Crippen molar-refractivity contribution in [3.63, 3.8) is 0 Å². The van der Waals surface area contributed by atoms with Crippen molar-refractivity contribution < 1.29 is 20.1 Å². The van der Waals surface area contributed by atoms with Crippen LogP contribution in [0.5, 0.6) is 0 Å². The van der Waals surface area contributed by atoms with Gasteiger partial charge in [0.15, 0.2) is 0 Å². The van der Waals surface area contributed by atoms with E-state index in [0.29, 0.717) is 0 Å². The maximum atomic E-state index is 4.77. The Kier molecular flexibility index (Phi) is 5.39. The Bertz CT molecular complexity index is 2060. The van der Waals surface area contributed by atoms with Crippen molar-refractivity contribution in [1.82, 2.24) is 9.55 Å². The van der Waals surface area contributed by atoms with E-state index in [-0.39, 0.29) is 25.5 Å². The minimum atomic E-state index is -0.0517. The van der Waals surface area contributed by atoms with Crippen molar-refractivity contribution in [2.45, 2.75) is 19.3 Å². The van der Waals surface area contributed by atoms with Crippen LogP contribution in [-0.2, 0) is 25.5 Å². The number of fused-ring (bicyclic) bond motifs is 7. The maximum Gasteiger partial charge on any atom is 0.0527 e. The summed E-state index contributed by atoms with van der Waals surface area (Å²) >= 11 is 0. The monoisotopic (exact) mass is 678 g/mol. The molecule has 0 fully saturated rings. The molecular weight excluding hydrogens is 653 g/mol. The molecule has 0 saturated carbocycles. The molecule has 0 bridgehead atoms. The normalized spacial score (nSPS) is 13.4. The molecule has 39 heavy (non-hydrogen) atoms. The van der Waals surface area contributed by atoms with E-state index in [9.17, 15) is 0 Å². The van der Waals surface area contributed by atoms with Crippen LogP contribution in [0.1, 0.15) is 25.0 Å². The minimum Gasteiger partial charge on any atom is -0.327 e. The van der Waals surface area contributed by atoms with Gasteiger partial charge in [-0.1, -0.05) is 80.6 Å². The summed E-state index contributed by atoms with van der Waals surface area (Å²) in [7, 11) is 0. The smallest absolute Gasteiger partial charge is 0.0527 e. The van der Waals surface area contributed by atoms with Crippen LogP contribution in [0.4, 0.5) is 0 Å². The van der Waals surface area contributed by atoms with Crippen LogP contribution in [0.15, 0.2) is 115 Å². The molecule has 1 aliphatic carbocycles. The fraction of sp³-hybridized carbons (Fsp3) is 0.0833. The molecule has 8 rings (SSSR count). The Morgan fingerprint density at radius 1 is 0.667 bits per heavy atom. The number of hydrogen-bond donors (Lipinski definition) is 0. The van der Waals surface area contributed by atoms with Crippen LogP contribution >= 0.6 is 0 Å². The molecule has 0 amide bonds. The van der Waals surface area contributed by atoms with Gasteiger partial charge >= 0.3 is 0 Å². The molecule has 7 aromatic rings. The Morgan fingerprint density at radius 3 is 2.33 bits per heavy atom. The molecule has 0 spiro atoms. The van der Waals surface area contributed by atoms with E-state index >= 15 is 0 Å². The molecule has 0 saturated heterocycles. The van der Waals surface area contributed by atoms with Gasteiger partial charge in [0, 0.05) is 42.5 Å². The Morgan fingerprint density at radius 2 is 1.44 bits per heavy atom. The van der Waals surface area contributed by atoms with Gasteiger partial charge in [-0.3, -0.25) is 0 Å². The summed E-state index contributed by atoms with van der Waals surface area (Å²) < 4.78 is 2.41. The second-order valence-electron chi connectivity index (χ2n) is 10.8. The van der Waals surface area contributed by atoms with Gasteiger partial charge in [0.1, 0.15) is 0 Å². The van der Waals surface area contributed by atoms with Crippen molar-refractivity contribution in [1.29, 1.82) is 0 Å². The van der Waals surface area contributed by atoms with Gasteiger partial charge in [0.25, 0.3) is 0 Å². The number of pyridine rings is 1. The first kappa shape index (κ1) is 24.0. The number of nitrogens with zero attached hydrogens (tertiary/aromatic N) is 2. The quantitative estimate of drug-likeness (QED) is 0.167. The first-order chi connectivity index (χ1) is 18.6. The summed E-state index contributed by atoms with van der Waals surface area (Å²) in [6.45, 7) is 4.69. The standard InChI is InChI=1S/C36H25N2.Ir/c1-36(2)31-16-7-5-14-27(31)29-21-30-28-15-6-8-17-33(28)38(34(30)22-32(29)36)25-12-9-11-24(20-25)35-26-13-4-3-10-23(26)18-19-37-35;/h3-10,12-22H,1-2H3;/q-1;. The first-order valence-electron chi connectivity index (χ1n) is 13.1. The fourth-order valence-electron chi connectivity index (χ4n) is 6.51. The van der Waals surface area contributed by atoms with Gasteiger partial charge in [0.05, 0.1) is 11.0 Å². The van der Waals surface area contributed by atoms with Gasteiger partial charge in [-0.2, -0.15) is 0 Å². The molecule has 5 aromatic carbocycles. The van der Waals surface area contributed by atoms with Gasteiger partial charge < -0.3 is 9.55 Å². The summed E-state index contributed by atoms with van der Waals surface area (Å²) in [5.74, 6) is 0. The molecule has 0 N–H and O–H groups in total. The zero-order valence-corrected chi connectivity index (χ0v) is 24.1. The van der Waals surface area contributed by atoms with Crippen molar-refractivity contribution in [3.05, 3.63) is 133 Å². The number of hydrogen-bond acceptors (Lipinski definition) is 1. The van der Waals surface area contributed by atoms with Crippen molar-refractivity contribution in [2.24, 2.45) is 0 Å². The number of benzene rings is 5. The summed E-state index contributed by atoms with van der Waals surface area (Å²) in [5, 5.41) is 4.88. The first-order valence-corrected chi connectivity index (χ1v) is 13.1. The largest absolute Gasteiger partial charge is 0.327 e. The molecular formula is C36H25IrN2-. The Balaban J connectivity index is 0.00000253. The fourth-order valence-corrected chi connectivity index (χ4v) is 6.51. The summed E-state index contributed by atoms with van der Waals surface area (Å²) in [6.07, 6.45) is 1.89. The average Bonchev–Trinajstić information content (AvgIpc) is 3.40. The SMILES string of the molecule is CC1(C)c2ccccc2-c2cc3c4ccccc4n(-c4cc[c-]c(-c5nccc6ccccc56)c4)c3cc21.[Ir]. The Labute approximate surface area is 241 Å². The third-order valence-corrected chi connectivity index (χ3v) is 8.35. The van der Waals surface area contributed by atoms with Gasteiger partial charge in [-0.25, -0.2) is 0 Å². The maximum absolute atomic E-state index is 4.77. The molecule has 0 unspecified atom stereocenters. The Hall–Kier alpha value is -4.04. The molecule has 1 aliphatic rings. The van der Waals surface area contributed by atoms with Gasteiger partial charge in [-0.15, -0.1) is 29.8 Å². The van der Waals surface area contributed by atoms with E-state index in [1.54, 1.807) is 0 Å². The average molecular weight is 678 g/mol. The van der Waals surface area contributed by atoms with Crippen LogP contribution in [-0.4, -0.2) is 9.55 Å². The predicted molar refractivity (Wildman–Crippen MR) is 158 cm³/mol. The molecule has 2 heterocycles. The number of para-hydroxylation sites is 1. The molecule has 0 atom stereocenters. The molecule has 189 valence electrons. The number of rotatable bonds is 2. The van der Waals surface area contributed by atoms with E-state index in [4.69, 9.17) is 4.98 Å². The molecule has 2 nitrogen and oxygen atoms in total. The van der Waals surface area contributed by atoms with Gasteiger partial charge in [-0.05, 0) is 68.7 Å². The van der Waals surface area contributed by atoms with Crippen LogP contribution in [0.25, 0.3) is 60.6 Å². The third kappa shape index (κ3) is 3.40. The predicted octanol–water partition coefficient (Wildman–Crippen LogP) is 9.10. The molecule has 1 radical (unpaired) electrons. The van der Waals surface area contributed by atoms with E-state index in [1.807, 2.05) is 12.3 Å². The number of aromatic nitrogens is 2. The van der Waals surface area contributed by atoms with E-state index in [0.717, 1.165) is 22.3 Å². The zero-order valence-electron chi connectivity index (χ0n) is 21.7. The zero-order chi connectivity index (χ0) is 25.4.